The highest BCUT2D eigenvalue weighted by Crippen LogP contribution is 2.26. The molecule has 90 valence electrons. The van der Waals surface area contributed by atoms with Crippen LogP contribution in [-0.2, 0) is 0 Å². The Bertz CT molecular complexity index is 554. The largest absolute Gasteiger partial charge is 0.383 e. The van der Waals surface area contributed by atoms with Gasteiger partial charge in [0.25, 0.3) is 0 Å². The van der Waals surface area contributed by atoms with Crippen molar-refractivity contribution in [3.63, 3.8) is 0 Å². The number of nitrogens with two attached hydrogens (primary N) is 1. The van der Waals surface area contributed by atoms with E-state index >= 15 is 0 Å². The fraction of sp³-hybridized carbons (Fsp3) is 0.182. The van der Waals surface area contributed by atoms with Crippen molar-refractivity contribution in [2.24, 2.45) is 0 Å². The van der Waals surface area contributed by atoms with Crippen LogP contribution in [0.5, 0.6) is 0 Å². The van der Waals surface area contributed by atoms with E-state index in [0.29, 0.717) is 15.9 Å². The van der Waals surface area contributed by atoms with Crippen LogP contribution in [-0.4, -0.2) is 9.78 Å². The van der Waals surface area contributed by atoms with Gasteiger partial charge in [-0.1, -0.05) is 6.07 Å². The molecule has 3 nitrogen and oxygen atoms in total. The van der Waals surface area contributed by atoms with Crippen LogP contribution in [0.2, 0.25) is 0 Å². The molecule has 1 aromatic heterocycles. The second kappa shape index (κ2) is 4.44. The van der Waals surface area contributed by atoms with E-state index < -0.39 is 11.6 Å². The molecule has 0 aliphatic rings. The molecule has 1 atom stereocenters. The van der Waals surface area contributed by atoms with Crippen molar-refractivity contribution < 1.29 is 8.78 Å². The molecule has 2 N–H and O–H groups in total. The van der Waals surface area contributed by atoms with E-state index in [1.165, 1.54) is 10.7 Å². The zero-order valence-corrected chi connectivity index (χ0v) is 10.6. The lowest BCUT2D eigenvalue weighted by atomic mass is 10.1. The lowest BCUT2D eigenvalue weighted by Crippen LogP contribution is -2.11. The lowest BCUT2D eigenvalue weighted by Gasteiger charge is -2.14. The molecule has 0 aliphatic heterocycles. The lowest BCUT2D eigenvalue weighted by molar-refractivity contribution is 0.500. The van der Waals surface area contributed by atoms with Crippen molar-refractivity contribution in [2.75, 3.05) is 5.73 Å². The van der Waals surface area contributed by atoms with Crippen molar-refractivity contribution in [2.45, 2.75) is 13.0 Å². The standard InChI is InChI=1S/C11H10BrF2N3/c1-6(17-11(15)8(12)5-16-17)7-2-3-9(13)10(14)4-7/h2-6H,15H2,1H3. The van der Waals surface area contributed by atoms with E-state index in [2.05, 4.69) is 21.0 Å². The first-order chi connectivity index (χ1) is 8.00. The Morgan fingerprint density at radius 3 is 2.59 bits per heavy atom. The van der Waals surface area contributed by atoms with Gasteiger partial charge in [-0.05, 0) is 40.5 Å². The number of anilines is 1. The van der Waals surface area contributed by atoms with Gasteiger partial charge in [-0.3, -0.25) is 0 Å². The third-order valence-electron chi connectivity index (χ3n) is 2.58. The number of hydrogen-bond acceptors (Lipinski definition) is 2. The van der Waals surface area contributed by atoms with E-state index in [1.54, 1.807) is 6.20 Å². The quantitative estimate of drug-likeness (QED) is 0.926. The maximum absolute atomic E-state index is 13.1. The molecule has 0 aliphatic carbocycles. The van der Waals surface area contributed by atoms with E-state index in [-0.39, 0.29) is 6.04 Å². The molecule has 2 rings (SSSR count). The molecule has 0 bridgehead atoms. The molecule has 0 spiro atoms. The highest BCUT2D eigenvalue weighted by atomic mass is 79.9. The van der Waals surface area contributed by atoms with Crippen molar-refractivity contribution in [3.05, 3.63) is 46.1 Å². The predicted octanol–water partition coefficient (Wildman–Crippen LogP) is 3.12. The molecule has 0 fully saturated rings. The second-order valence-electron chi connectivity index (χ2n) is 3.67. The number of aromatic nitrogens is 2. The van der Waals surface area contributed by atoms with Crippen LogP contribution in [0.3, 0.4) is 0 Å². The Labute approximate surface area is 105 Å². The summed E-state index contributed by atoms with van der Waals surface area (Å²) in [6.45, 7) is 1.81. The predicted molar refractivity (Wildman–Crippen MR) is 64.5 cm³/mol. The third kappa shape index (κ3) is 2.17. The molecular weight excluding hydrogens is 292 g/mol. The van der Waals surface area contributed by atoms with Gasteiger partial charge in [0, 0.05) is 0 Å². The SMILES string of the molecule is CC(c1ccc(F)c(F)c1)n1ncc(Br)c1N. The Balaban J connectivity index is 2.40. The summed E-state index contributed by atoms with van der Waals surface area (Å²) in [6.07, 6.45) is 1.56. The fourth-order valence-electron chi connectivity index (χ4n) is 1.57. The minimum Gasteiger partial charge on any atom is -0.383 e. The summed E-state index contributed by atoms with van der Waals surface area (Å²) in [4.78, 5) is 0. The third-order valence-corrected chi connectivity index (χ3v) is 3.19. The van der Waals surface area contributed by atoms with Gasteiger partial charge in [0.2, 0.25) is 0 Å². The molecule has 0 radical (unpaired) electrons. The number of benzene rings is 1. The average Bonchev–Trinajstić information content (AvgIpc) is 2.63. The summed E-state index contributed by atoms with van der Waals surface area (Å²) >= 11 is 3.24. The van der Waals surface area contributed by atoms with Crippen molar-refractivity contribution in [3.8, 4) is 0 Å². The van der Waals surface area contributed by atoms with Gasteiger partial charge in [-0.15, -0.1) is 0 Å². The zero-order chi connectivity index (χ0) is 12.6. The molecule has 17 heavy (non-hydrogen) atoms. The topological polar surface area (TPSA) is 43.8 Å². The minimum atomic E-state index is -0.876. The number of nitrogens with zero attached hydrogens (tertiary/aromatic N) is 2. The number of halogens is 3. The highest BCUT2D eigenvalue weighted by molar-refractivity contribution is 9.10. The van der Waals surface area contributed by atoms with Crippen LogP contribution in [0.25, 0.3) is 0 Å². The number of hydrogen-bond donors (Lipinski definition) is 1. The van der Waals surface area contributed by atoms with Crippen molar-refractivity contribution in [1.29, 1.82) is 0 Å². The Morgan fingerprint density at radius 2 is 2.06 bits per heavy atom. The summed E-state index contributed by atoms with van der Waals surface area (Å²) in [7, 11) is 0. The van der Waals surface area contributed by atoms with Crippen LogP contribution in [0.4, 0.5) is 14.6 Å². The molecule has 1 unspecified atom stereocenters. The van der Waals surface area contributed by atoms with Crippen LogP contribution in [0, 0.1) is 11.6 Å². The molecular formula is C11H10BrF2N3. The van der Waals surface area contributed by atoms with Crippen LogP contribution < -0.4 is 5.73 Å². The Hall–Kier alpha value is -1.43. The van der Waals surface area contributed by atoms with E-state index in [9.17, 15) is 8.78 Å². The van der Waals surface area contributed by atoms with Crippen molar-refractivity contribution in [1.82, 2.24) is 9.78 Å². The van der Waals surface area contributed by atoms with Gasteiger partial charge in [0.15, 0.2) is 11.6 Å². The average molecular weight is 302 g/mol. The van der Waals surface area contributed by atoms with Crippen LogP contribution in [0.15, 0.2) is 28.9 Å². The van der Waals surface area contributed by atoms with Gasteiger partial charge in [0.05, 0.1) is 16.7 Å². The molecule has 2 aromatic rings. The van der Waals surface area contributed by atoms with Gasteiger partial charge in [-0.2, -0.15) is 5.10 Å². The summed E-state index contributed by atoms with van der Waals surface area (Å²) in [5.74, 6) is -1.29. The van der Waals surface area contributed by atoms with E-state index in [0.717, 1.165) is 12.1 Å². The van der Waals surface area contributed by atoms with Crippen LogP contribution >= 0.6 is 15.9 Å². The molecule has 6 heteroatoms. The maximum Gasteiger partial charge on any atom is 0.159 e. The molecule has 0 amide bonds. The summed E-state index contributed by atoms with van der Waals surface area (Å²) in [6, 6.07) is 3.49. The van der Waals surface area contributed by atoms with Gasteiger partial charge < -0.3 is 5.73 Å². The minimum absolute atomic E-state index is 0.267. The monoisotopic (exact) mass is 301 g/mol. The summed E-state index contributed by atoms with van der Waals surface area (Å²) in [5.41, 5.74) is 6.40. The Kier molecular flexibility index (Phi) is 3.15. The first-order valence-corrected chi connectivity index (χ1v) is 5.73. The summed E-state index contributed by atoms with van der Waals surface area (Å²) < 4.78 is 28.1. The molecule has 1 aromatic carbocycles. The fourth-order valence-corrected chi connectivity index (χ4v) is 1.85. The zero-order valence-electron chi connectivity index (χ0n) is 8.99. The normalized spacial score (nSPS) is 12.7. The van der Waals surface area contributed by atoms with Gasteiger partial charge in [0.1, 0.15) is 5.82 Å². The molecule has 0 saturated heterocycles. The van der Waals surface area contributed by atoms with Crippen molar-refractivity contribution >= 4 is 21.7 Å². The van der Waals surface area contributed by atoms with E-state index in [1.807, 2.05) is 6.92 Å². The summed E-state index contributed by atoms with van der Waals surface area (Å²) in [5, 5.41) is 4.07. The van der Waals surface area contributed by atoms with Gasteiger partial charge >= 0.3 is 0 Å². The smallest absolute Gasteiger partial charge is 0.159 e. The van der Waals surface area contributed by atoms with Crippen LogP contribution in [0.1, 0.15) is 18.5 Å². The first-order valence-electron chi connectivity index (χ1n) is 4.94. The van der Waals surface area contributed by atoms with E-state index in [4.69, 9.17) is 5.73 Å². The Morgan fingerprint density at radius 1 is 1.35 bits per heavy atom. The maximum atomic E-state index is 13.1. The highest BCUT2D eigenvalue weighted by Gasteiger charge is 2.15. The molecule has 0 saturated carbocycles. The molecule has 1 heterocycles. The first kappa shape index (κ1) is 12.0. The number of nitrogen functional groups attached to an aromatic ring is 1. The van der Waals surface area contributed by atoms with Gasteiger partial charge in [-0.25, -0.2) is 13.5 Å². The second-order valence-corrected chi connectivity index (χ2v) is 4.53. The number of rotatable bonds is 2.